The largest absolute Gasteiger partial charge is 0.467 e. The van der Waals surface area contributed by atoms with Crippen LogP contribution in [0.5, 0.6) is 6.01 Å². The van der Waals surface area contributed by atoms with E-state index in [1.165, 1.54) is 0 Å². The van der Waals surface area contributed by atoms with Crippen LogP contribution < -0.4 is 4.74 Å². The summed E-state index contributed by atoms with van der Waals surface area (Å²) in [7, 11) is 1.54. The van der Waals surface area contributed by atoms with Crippen molar-refractivity contribution in [3.05, 3.63) is 23.5 Å². The number of hydrogen-bond donors (Lipinski definition) is 0. The fraction of sp³-hybridized carbons (Fsp3) is 0.300. The van der Waals surface area contributed by atoms with Crippen molar-refractivity contribution in [3.63, 3.8) is 0 Å². The van der Waals surface area contributed by atoms with Gasteiger partial charge < -0.3 is 4.74 Å². The molecule has 0 fully saturated rings. The monoisotopic (exact) mass is 189 g/mol. The first-order chi connectivity index (χ1) is 6.70. The van der Waals surface area contributed by atoms with E-state index < -0.39 is 0 Å². The van der Waals surface area contributed by atoms with E-state index in [4.69, 9.17) is 4.74 Å². The first-order valence-electron chi connectivity index (χ1n) is 4.35. The molecule has 0 aliphatic heterocycles. The third-order valence-corrected chi connectivity index (χ3v) is 2.17. The number of hydrogen-bond acceptors (Lipinski definition) is 4. The number of aromatic nitrogens is 3. The highest BCUT2D eigenvalue weighted by atomic mass is 16.5. The molecule has 4 heteroatoms. The van der Waals surface area contributed by atoms with Gasteiger partial charge in [-0.1, -0.05) is 0 Å². The van der Waals surface area contributed by atoms with Crippen molar-refractivity contribution in [2.24, 2.45) is 0 Å². The predicted molar refractivity (Wildman–Crippen MR) is 53.4 cm³/mol. The molecule has 2 rings (SSSR count). The van der Waals surface area contributed by atoms with E-state index in [1.54, 1.807) is 13.3 Å². The van der Waals surface area contributed by atoms with Crippen LogP contribution in [0.25, 0.3) is 11.0 Å². The van der Waals surface area contributed by atoms with Crippen LogP contribution in [-0.4, -0.2) is 22.1 Å². The summed E-state index contributed by atoms with van der Waals surface area (Å²) in [6.07, 6.45) is 1.72. The number of fused-ring (bicyclic) bond motifs is 1. The third-order valence-electron chi connectivity index (χ3n) is 2.17. The molecule has 0 bridgehead atoms. The summed E-state index contributed by atoms with van der Waals surface area (Å²) in [5.74, 6) is 0. The zero-order valence-electron chi connectivity index (χ0n) is 8.40. The molecule has 14 heavy (non-hydrogen) atoms. The average molecular weight is 189 g/mol. The molecule has 0 radical (unpaired) electrons. The predicted octanol–water partition coefficient (Wildman–Crippen LogP) is 1.65. The second-order valence-electron chi connectivity index (χ2n) is 3.16. The molecule has 4 nitrogen and oxygen atoms in total. The van der Waals surface area contributed by atoms with Gasteiger partial charge in [-0.3, -0.25) is 0 Å². The SMILES string of the molecule is COc1ncc2cc(C)c(C)nc2n1. The molecule has 0 saturated heterocycles. The molecule has 0 amide bonds. The lowest BCUT2D eigenvalue weighted by atomic mass is 10.2. The Balaban J connectivity index is 2.70. The minimum atomic E-state index is 0.355. The Morgan fingerprint density at radius 1 is 1.21 bits per heavy atom. The van der Waals surface area contributed by atoms with Crippen LogP contribution in [0.3, 0.4) is 0 Å². The topological polar surface area (TPSA) is 47.9 Å². The quantitative estimate of drug-likeness (QED) is 0.684. The van der Waals surface area contributed by atoms with Crippen molar-refractivity contribution >= 4 is 11.0 Å². The Labute approximate surface area is 82.0 Å². The molecule has 0 N–H and O–H groups in total. The number of methoxy groups -OCH3 is 1. The van der Waals surface area contributed by atoms with Gasteiger partial charge in [-0.05, 0) is 25.5 Å². The Hall–Kier alpha value is -1.71. The zero-order chi connectivity index (χ0) is 10.1. The first-order valence-corrected chi connectivity index (χ1v) is 4.35. The van der Waals surface area contributed by atoms with E-state index in [9.17, 15) is 0 Å². The maximum absolute atomic E-state index is 4.93. The van der Waals surface area contributed by atoms with Gasteiger partial charge in [0.15, 0.2) is 5.65 Å². The molecule has 2 heterocycles. The fourth-order valence-corrected chi connectivity index (χ4v) is 1.24. The minimum absolute atomic E-state index is 0.355. The number of rotatable bonds is 1. The number of aryl methyl sites for hydroxylation is 2. The summed E-state index contributed by atoms with van der Waals surface area (Å²) in [5, 5.41) is 0.939. The van der Waals surface area contributed by atoms with Gasteiger partial charge in [0, 0.05) is 17.3 Å². The van der Waals surface area contributed by atoms with Crippen molar-refractivity contribution in [2.75, 3.05) is 7.11 Å². The molecule has 2 aromatic rings. The van der Waals surface area contributed by atoms with Gasteiger partial charge in [0.25, 0.3) is 0 Å². The Morgan fingerprint density at radius 3 is 2.71 bits per heavy atom. The maximum Gasteiger partial charge on any atom is 0.318 e. The molecular weight excluding hydrogens is 178 g/mol. The maximum atomic E-state index is 4.93. The lowest BCUT2D eigenvalue weighted by Crippen LogP contribution is -1.95. The van der Waals surface area contributed by atoms with Gasteiger partial charge in [-0.25, -0.2) is 9.97 Å². The van der Waals surface area contributed by atoms with E-state index in [1.807, 2.05) is 19.9 Å². The number of nitrogens with zero attached hydrogens (tertiary/aromatic N) is 3. The fourth-order valence-electron chi connectivity index (χ4n) is 1.24. The summed E-state index contributed by atoms with van der Waals surface area (Å²) < 4.78 is 4.93. The Morgan fingerprint density at radius 2 is 2.00 bits per heavy atom. The molecular formula is C10H11N3O. The molecule has 72 valence electrons. The van der Waals surface area contributed by atoms with E-state index >= 15 is 0 Å². The van der Waals surface area contributed by atoms with Crippen LogP contribution >= 0.6 is 0 Å². The van der Waals surface area contributed by atoms with Crippen LogP contribution in [-0.2, 0) is 0 Å². The van der Waals surface area contributed by atoms with Crippen LogP contribution in [0, 0.1) is 13.8 Å². The van der Waals surface area contributed by atoms with Gasteiger partial charge >= 0.3 is 6.01 Å². The number of ether oxygens (including phenoxy) is 1. The Kier molecular flexibility index (Phi) is 2.04. The molecule has 0 aromatic carbocycles. The summed E-state index contributed by atoms with van der Waals surface area (Å²) in [6.45, 7) is 3.98. The van der Waals surface area contributed by atoms with Gasteiger partial charge in [-0.2, -0.15) is 4.98 Å². The van der Waals surface area contributed by atoms with Crippen LogP contribution in [0.2, 0.25) is 0 Å². The second-order valence-corrected chi connectivity index (χ2v) is 3.16. The molecule has 0 saturated carbocycles. The lowest BCUT2D eigenvalue weighted by Gasteiger charge is -2.02. The molecule has 0 atom stereocenters. The van der Waals surface area contributed by atoms with Crippen molar-refractivity contribution in [3.8, 4) is 6.01 Å². The standard InChI is InChI=1S/C10H11N3O/c1-6-4-8-5-11-10(14-3)13-9(8)12-7(6)2/h4-5H,1-3H3. The van der Waals surface area contributed by atoms with Gasteiger partial charge in [0.2, 0.25) is 0 Å². The van der Waals surface area contributed by atoms with E-state index in [0.717, 1.165) is 16.6 Å². The molecule has 0 unspecified atom stereocenters. The van der Waals surface area contributed by atoms with Crippen LogP contribution in [0.15, 0.2) is 12.3 Å². The summed E-state index contributed by atoms with van der Waals surface area (Å²) in [6, 6.07) is 2.38. The highest BCUT2D eigenvalue weighted by Crippen LogP contribution is 2.14. The number of pyridine rings is 1. The highest BCUT2D eigenvalue weighted by molar-refractivity contribution is 5.74. The van der Waals surface area contributed by atoms with E-state index in [-0.39, 0.29) is 0 Å². The second kappa shape index (κ2) is 3.21. The first kappa shape index (κ1) is 8.87. The van der Waals surface area contributed by atoms with Crippen molar-refractivity contribution in [1.29, 1.82) is 0 Å². The van der Waals surface area contributed by atoms with Crippen LogP contribution in [0.4, 0.5) is 0 Å². The molecule has 0 aliphatic rings. The van der Waals surface area contributed by atoms with E-state index in [2.05, 4.69) is 15.0 Å². The van der Waals surface area contributed by atoms with Crippen molar-refractivity contribution in [1.82, 2.24) is 15.0 Å². The zero-order valence-corrected chi connectivity index (χ0v) is 8.40. The van der Waals surface area contributed by atoms with Gasteiger partial charge in [0.1, 0.15) is 0 Å². The Bertz CT molecular complexity index is 482. The minimum Gasteiger partial charge on any atom is -0.467 e. The average Bonchev–Trinajstić information content (AvgIpc) is 2.19. The highest BCUT2D eigenvalue weighted by Gasteiger charge is 2.03. The smallest absolute Gasteiger partial charge is 0.318 e. The van der Waals surface area contributed by atoms with Crippen molar-refractivity contribution < 1.29 is 4.74 Å². The van der Waals surface area contributed by atoms with Crippen LogP contribution in [0.1, 0.15) is 11.3 Å². The molecule has 2 aromatic heterocycles. The van der Waals surface area contributed by atoms with Gasteiger partial charge in [-0.15, -0.1) is 0 Å². The summed E-state index contributed by atoms with van der Waals surface area (Å²) >= 11 is 0. The van der Waals surface area contributed by atoms with Gasteiger partial charge in [0.05, 0.1) is 7.11 Å². The third kappa shape index (κ3) is 1.39. The molecule has 0 aliphatic carbocycles. The van der Waals surface area contributed by atoms with E-state index in [0.29, 0.717) is 11.7 Å². The normalized spacial score (nSPS) is 10.5. The molecule has 0 spiro atoms. The van der Waals surface area contributed by atoms with Crippen molar-refractivity contribution in [2.45, 2.75) is 13.8 Å². The summed E-state index contributed by atoms with van der Waals surface area (Å²) in [5.41, 5.74) is 2.81. The lowest BCUT2D eigenvalue weighted by molar-refractivity contribution is 0.381. The summed E-state index contributed by atoms with van der Waals surface area (Å²) in [4.78, 5) is 12.5.